The highest BCUT2D eigenvalue weighted by Gasteiger charge is 2.32. The molecule has 1 rings (SSSR count). The van der Waals surface area contributed by atoms with Crippen LogP contribution in [-0.4, -0.2) is 40.6 Å². The first-order valence-corrected chi connectivity index (χ1v) is 6.46. The van der Waals surface area contributed by atoms with Gasteiger partial charge in [0.05, 0.1) is 17.0 Å². The highest BCUT2D eigenvalue weighted by Crippen LogP contribution is 2.28. The number of aliphatic hydroxyl groups excluding tert-OH is 1. The third kappa shape index (κ3) is 3.64. The first kappa shape index (κ1) is 14.4. The standard InChI is InChI=1S/C12H22N2O2S/c1-7(2)10(11(13)17)12(16)14(3)6-8-4-9(15)5-8/h7-10,15H,4-6H2,1-3H3,(H2,13,17). The predicted octanol–water partition coefficient (Wildman–Crippen LogP) is 0.774. The van der Waals surface area contributed by atoms with Crippen molar-refractivity contribution in [2.75, 3.05) is 13.6 Å². The number of amides is 1. The number of rotatable bonds is 5. The van der Waals surface area contributed by atoms with Gasteiger partial charge in [0.25, 0.3) is 0 Å². The number of carbonyl (C=O) groups excluding carboxylic acids is 1. The second kappa shape index (κ2) is 5.78. The Morgan fingerprint density at radius 3 is 2.41 bits per heavy atom. The van der Waals surface area contributed by atoms with Gasteiger partial charge >= 0.3 is 0 Å². The third-order valence-corrected chi connectivity index (χ3v) is 3.61. The Labute approximate surface area is 108 Å². The third-order valence-electron chi connectivity index (χ3n) is 3.36. The van der Waals surface area contributed by atoms with Crippen LogP contribution in [-0.2, 0) is 4.79 Å². The fourth-order valence-corrected chi connectivity index (χ4v) is 2.67. The van der Waals surface area contributed by atoms with Crippen LogP contribution in [0.5, 0.6) is 0 Å². The number of nitrogens with zero attached hydrogens (tertiary/aromatic N) is 1. The molecule has 98 valence electrons. The molecule has 3 N–H and O–H groups in total. The molecule has 1 amide bonds. The fourth-order valence-electron chi connectivity index (χ4n) is 2.30. The van der Waals surface area contributed by atoms with Gasteiger partial charge in [-0.1, -0.05) is 26.1 Å². The summed E-state index contributed by atoms with van der Waals surface area (Å²) in [5.74, 6) is 0.154. The molecule has 5 heteroatoms. The zero-order valence-electron chi connectivity index (χ0n) is 10.7. The van der Waals surface area contributed by atoms with Crippen LogP contribution < -0.4 is 5.73 Å². The minimum absolute atomic E-state index is 0.00566. The Kier molecular flexibility index (Phi) is 4.89. The smallest absolute Gasteiger partial charge is 0.232 e. The van der Waals surface area contributed by atoms with E-state index in [9.17, 15) is 9.90 Å². The summed E-state index contributed by atoms with van der Waals surface area (Å²) in [7, 11) is 1.78. The van der Waals surface area contributed by atoms with Crippen LogP contribution in [0.2, 0.25) is 0 Å². The Morgan fingerprint density at radius 1 is 1.53 bits per heavy atom. The van der Waals surface area contributed by atoms with Crippen molar-refractivity contribution in [3.8, 4) is 0 Å². The van der Waals surface area contributed by atoms with E-state index in [0.29, 0.717) is 12.5 Å². The van der Waals surface area contributed by atoms with Crippen molar-refractivity contribution in [3.63, 3.8) is 0 Å². The van der Waals surface area contributed by atoms with Crippen LogP contribution in [0.25, 0.3) is 0 Å². The summed E-state index contributed by atoms with van der Waals surface area (Å²) in [4.78, 5) is 14.1. The van der Waals surface area contributed by atoms with Gasteiger partial charge in [-0.25, -0.2) is 0 Å². The molecule has 0 aromatic carbocycles. The lowest BCUT2D eigenvalue weighted by Crippen LogP contribution is -2.45. The molecule has 1 unspecified atom stereocenters. The maximum Gasteiger partial charge on any atom is 0.232 e. The average molecular weight is 258 g/mol. The zero-order valence-corrected chi connectivity index (χ0v) is 11.5. The molecule has 0 radical (unpaired) electrons. The van der Waals surface area contributed by atoms with E-state index in [0.717, 1.165) is 12.8 Å². The lowest BCUT2D eigenvalue weighted by atomic mass is 9.82. The Bertz CT molecular complexity index is 301. The molecule has 0 aromatic heterocycles. The van der Waals surface area contributed by atoms with Gasteiger partial charge in [0.2, 0.25) is 5.91 Å². The first-order valence-electron chi connectivity index (χ1n) is 6.05. The molecular formula is C12H22N2O2S. The van der Waals surface area contributed by atoms with Gasteiger partial charge in [0.1, 0.15) is 0 Å². The van der Waals surface area contributed by atoms with E-state index < -0.39 is 0 Å². The molecule has 1 atom stereocenters. The molecule has 0 heterocycles. The van der Waals surface area contributed by atoms with Crippen molar-refractivity contribution in [2.24, 2.45) is 23.5 Å². The van der Waals surface area contributed by atoms with Gasteiger partial charge in [0.15, 0.2) is 0 Å². The molecule has 1 aliphatic rings. The van der Waals surface area contributed by atoms with Crippen LogP contribution in [0.15, 0.2) is 0 Å². The summed E-state index contributed by atoms with van der Waals surface area (Å²) in [6.07, 6.45) is 1.40. The molecule has 0 spiro atoms. The zero-order chi connectivity index (χ0) is 13.2. The summed E-state index contributed by atoms with van der Waals surface area (Å²) in [6.45, 7) is 4.58. The van der Waals surface area contributed by atoms with Gasteiger partial charge in [0, 0.05) is 13.6 Å². The summed E-state index contributed by atoms with van der Waals surface area (Å²) in [5.41, 5.74) is 5.62. The van der Waals surface area contributed by atoms with E-state index in [1.54, 1.807) is 11.9 Å². The number of carbonyl (C=O) groups is 1. The van der Waals surface area contributed by atoms with E-state index in [1.165, 1.54) is 0 Å². The summed E-state index contributed by atoms with van der Waals surface area (Å²) < 4.78 is 0. The predicted molar refractivity (Wildman–Crippen MR) is 71.5 cm³/mol. The second-order valence-electron chi connectivity index (χ2n) is 5.33. The quantitative estimate of drug-likeness (QED) is 0.715. The average Bonchev–Trinajstić information content (AvgIpc) is 2.13. The van der Waals surface area contributed by atoms with Crippen LogP contribution in [0, 0.1) is 17.8 Å². The van der Waals surface area contributed by atoms with Crippen molar-refractivity contribution in [1.29, 1.82) is 0 Å². The topological polar surface area (TPSA) is 66.6 Å². The number of nitrogens with two attached hydrogens (primary N) is 1. The molecular weight excluding hydrogens is 236 g/mol. The van der Waals surface area contributed by atoms with Crippen LogP contribution >= 0.6 is 12.2 Å². The molecule has 17 heavy (non-hydrogen) atoms. The maximum atomic E-state index is 12.2. The van der Waals surface area contributed by atoms with Crippen molar-refractivity contribution in [3.05, 3.63) is 0 Å². The van der Waals surface area contributed by atoms with Crippen molar-refractivity contribution < 1.29 is 9.90 Å². The van der Waals surface area contributed by atoms with Crippen molar-refractivity contribution >= 4 is 23.1 Å². The fraction of sp³-hybridized carbons (Fsp3) is 0.833. The molecule has 1 fully saturated rings. The molecule has 0 aliphatic heterocycles. The molecule has 4 nitrogen and oxygen atoms in total. The summed E-state index contributed by atoms with van der Waals surface area (Å²) in [5, 5.41) is 9.21. The van der Waals surface area contributed by atoms with Gasteiger partial charge in [-0.15, -0.1) is 0 Å². The maximum absolute atomic E-state index is 12.2. The number of thiocarbonyl (C=S) groups is 1. The normalized spacial score (nSPS) is 25.2. The highest BCUT2D eigenvalue weighted by atomic mass is 32.1. The van der Waals surface area contributed by atoms with E-state index in [2.05, 4.69) is 0 Å². The molecule has 0 aromatic rings. The number of aliphatic hydroxyl groups is 1. The van der Waals surface area contributed by atoms with Crippen LogP contribution in [0.3, 0.4) is 0 Å². The Hall–Kier alpha value is -0.680. The molecule has 1 aliphatic carbocycles. The first-order chi connectivity index (χ1) is 7.82. The SMILES string of the molecule is CC(C)C(C(=O)N(C)CC1CC(O)C1)C(N)=S. The summed E-state index contributed by atoms with van der Waals surface area (Å²) >= 11 is 4.95. The van der Waals surface area contributed by atoms with Crippen LogP contribution in [0.1, 0.15) is 26.7 Å². The highest BCUT2D eigenvalue weighted by molar-refractivity contribution is 7.80. The van der Waals surface area contributed by atoms with Crippen molar-refractivity contribution in [1.82, 2.24) is 4.90 Å². The molecule has 0 bridgehead atoms. The second-order valence-corrected chi connectivity index (χ2v) is 5.81. The largest absolute Gasteiger partial charge is 0.393 e. The summed E-state index contributed by atoms with van der Waals surface area (Å²) in [6, 6.07) is 0. The van der Waals surface area contributed by atoms with Crippen LogP contribution in [0.4, 0.5) is 0 Å². The van der Waals surface area contributed by atoms with Crippen molar-refractivity contribution in [2.45, 2.75) is 32.8 Å². The monoisotopic (exact) mass is 258 g/mol. The van der Waals surface area contributed by atoms with E-state index in [-0.39, 0.29) is 28.8 Å². The Morgan fingerprint density at radius 2 is 2.06 bits per heavy atom. The molecule has 1 saturated carbocycles. The van der Waals surface area contributed by atoms with Gasteiger partial charge in [-0.05, 0) is 24.7 Å². The number of hydrogen-bond donors (Lipinski definition) is 2. The van der Waals surface area contributed by atoms with Gasteiger partial charge < -0.3 is 15.7 Å². The molecule has 0 saturated heterocycles. The minimum atomic E-state index is -0.375. The van der Waals surface area contributed by atoms with E-state index in [1.807, 2.05) is 13.8 Å². The lowest BCUT2D eigenvalue weighted by Gasteiger charge is -2.35. The lowest BCUT2D eigenvalue weighted by molar-refractivity contribution is -0.134. The van der Waals surface area contributed by atoms with E-state index >= 15 is 0 Å². The Balaban J connectivity index is 2.52. The number of hydrogen-bond acceptors (Lipinski definition) is 3. The van der Waals surface area contributed by atoms with Gasteiger partial charge in [-0.2, -0.15) is 0 Å². The van der Waals surface area contributed by atoms with E-state index in [4.69, 9.17) is 18.0 Å². The minimum Gasteiger partial charge on any atom is -0.393 e. The van der Waals surface area contributed by atoms with Gasteiger partial charge in [-0.3, -0.25) is 4.79 Å².